The highest BCUT2D eigenvalue weighted by atomic mass is 32.2. The van der Waals surface area contributed by atoms with Gasteiger partial charge in [0.05, 0.1) is 10.8 Å². The lowest BCUT2D eigenvalue weighted by molar-refractivity contribution is -0.139. The van der Waals surface area contributed by atoms with Crippen molar-refractivity contribution >= 4 is 15.9 Å². The average Bonchev–Trinajstić information content (AvgIpc) is 2.73. The summed E-state index contributed by atoms with van der Waals surface area (Å²) in [6.07, 6.45) is 4.38. The summed E-state index contributed by atoms with van der Waals surface area (Å²) >= 11 is 0. The molecule has 1 N–H and O–H groups in total. The minimum Gasteiger partial charge on any atom is -0.339 e. The van der Waals surface area contributed by atoms with Gasteiger partial charge in [0.2, 0.25) is 15.9 Å². The molecule has 0 radical (unpaired) electrons. The number of carbonyl (C=O) groups is 1. The van der Waals surface area contributed by atoms with Crippen molar-refractivity contribution in [1.29, 1.82) is 0 Å². The van der Waals surface area contributed by atoms with Crippen LogP contribution >= 0.6 is 0 Å². The van der Waals surface area contributed by atoms with E-state index in [2.05, 4.69) is 12.2 Å². The van der Waals surface area contributed by atoms with Crippen LogP contribution in [0.5, 0.6) is 0 Å². The second-order valence-corrected chi connectivity index (χ2v) is 9.47. The molecule has 0 saturated carbocycles. The van der Waals surface area contributed by atoms with Crippen LogP contribution in [0.4, 0.5) is 0 Å². The Balaban J connectivity index is 1.73. The topological polar surface area (TPSA) is 69.7 Å². The number of benzene rings is 1. The molecule has 1 aromatic rings. The van der Waals surface area contributed by atoms with E-state index in [1.807, 2.05) is 11.0 Å². The van der Waals surface area contributed by atoms with Crippen molar-refractivity contribution in [1.82, 2.24) is 14.5 Å². The van der Waals surface area contributed by atoms with Gasteiger partial charge in [-0.05, 0) is 57.3 Å². The molecular formula is C20H31N3O3S. The minimum absolute atomic E-state index is 0.136. The maximum Gasteiger partial charge on any atom is 0.243 e. The molecule has 0 aliphatic carbocycles. The molecule has 0 bridgehead atoms. The average molecular weight is 394 g/mol. The fraction of sp³-hybridized carbons (Fsp3) is 0.650. The summed E-state index contributed by atoms with van der Waals surface area (Å²) in [6, 6.07) is 8.81. The summed E-state index contributed by atoms with van der Waals surface area (Å²) in [5.74, 6) is -0.101. The number of hydrogen-bond acceptors (Lipinski definition) is 4. The third-order valence-electron chi connectivity index (χ3n) is 5.61. The van der Waals surface area contributed by atoms with Crippen molar-refractivity contribution in [3.63, 3.8) is 0 Å². The Morgan fingerprint density at radius 2 is 1.89 bits per heavy atom. The Morgan fingerprint density at radius 3 is 2.56 bits per heavy atom. The predicted octanol–water partition coefficient (Wildman–Crippen LogP) is 2.08. The molecule has 1 amide bonds. The van der Waals surface area contributed by atoms with Crippen molar-refractivity contribution < 1.29 is 13.2 Å². The summed E-state index contributed by atoms with van der Waals surface area (Å²) in [5, 5.41) is 3.35. The zero-order valence-corrected chi connectivity index (χ0v) is 17.0. The lowest BCUT2D eigenvalue weighted by atomic mass is 9.95. The highest BCUT2D eigenvalue weighted by molar-refractivity contribution is 7.89. The van der Waals surface area contributed by atoms with Gasteiger partial charge in [-0.15, -0.1) is 0 Å². The maximum atomic E-state index is 13.3. The van der Waals surface area contributed by atoms with Gasteiger partial charge in [-0.2, -0.15) is 4.31 Å². The number of piperidine rings is 2. The van der Waals surface area contributed by atoms with E-state index in [1.54, 1.807) is 24.3 Å². The van der Waals surface area contributed by atoms with Crippen LogP contribution in [-0.4, -0.2) is 62.3 Å². The van der Waals surface area contributed by atoms with E-state index in [0.717, 1.165) is 51.7 Å². The summed E-state index contributed by atoms with van der Waals surface area (Å²) in [6.45, 7) is 5.51. The molecule has 2 aliphatic rings. The Kier molecular flexibility index (Phi) is 6.89. The molecule has 27 heavy (non-hydrogen) atoms. The monoisotopic (exact) mass is 393 g/mol. The molecule has 7 heteroatoms. The highest BCUT2D eigenvalue weighted by Gasteiger charge is 2.36. The Hall–Kier alpha value is -1.44. The lowest BCUT2D eigenvalue weighted by Gasteiger charge is -2.39. The fourth-order valence-corrected chi connectivity index (χ4v) is 5.72. The van der Waals surface area contributed by atoms with Gasteiger partial charge >= 0.3 is 0 Å². The normalized spacial score (nSPS) is 22.5. The summed E-state index contributed by atoms with van der Waals surface area (Å²) in [4.78, 5) is 15.6. The van der Waals surface area contributed by atoms with Gasteiger partial charge in [0.1, 0.15) is 0 Å². The smallest absolute Gasteiger partial charge is 0.243 e. The predicted molar refractivity (Wildman–Crippen MR) is 106 cm³/mol. The van der Waals surface area contributed by atoms with Crippen LogP contribution in [0.3, 0.4) is 0 Å². The van der Waals surface area contributed by atoms with E-state index in [-0.39, 0.29) is 17.9 Å². The van der Waals surface area contributed by atoms with Gasteiger partial charge in [-0.3, -0.25) is 4.79 Å². The first-order chi connectivity index (χ1) is 13.0. The molecular weight excluding hydrogens is 362 g/mol. The zero-order chi connectivity index (χ0) is 19.3. The van der Waals surface area contributed by atoms with Crippen LogP contribution in [0.2, 0.25) is 0 Å². The molecule has 2 aliphatic heterocycles. The van der Waals surface area contributed by atoms with Gasteiger partial charge in [0.15, 0.2) is 0 Å². The van der Waals surface area contributed by atoms with Crippen LogP contribution in [0.1, 0.15) is 39.0 Å². The molecule has 2 saturated heterocycles. The van der Waals surface area contributed by atoms with E-state index in [4.69, 9.17) is 0 Å². The number of amides is 1. The Labute approximate surface area is 163 Å². The SMILES string of the molecule is CCCN(C(=O)C1CCCN(S(=O)(=O)c2ccccc2)C1)C1CCNCC1. The van der Waals surface area contributed by atoms with Crippen molar-refractivity contribution in [2.24, 2.45) is 5.92 Å². The second-order valence-electron chi connectivity index (χ2n) is 7.53. The molecule has 0 aromatic heterocycles. The van der Waals surface area contributed by atoms with E-state index < -0.39 is 10.0 Å². The number of rotatable bonds is 6. The van der Waals surface area contributed by atoms with Gasteiger partial charge in [-0.1, -0.05) is 25.1 Å². The first-order valence-corrected chi connectivity index (χ1v) is 11.5. The standard InChI is InChI=1S/C20H31N3O3S/c1-2-14-23(18-10-12-21-13-11-18)20(24)17-7-6-15-22(16-17)27(25,26)19-8-4-3-5-9-19/h3-5,8-9,17-18,21H,2,6-7,10-16H2,1H3. The molecule has 150 valence electrons. The molecule has 1 aromatic carbocycles. The van der Waals surface area contributed by atoms with Crippen LogP contribution in [0, 0.1) is 5.92 Å². The fourth-order valence-electron chi connectivity index (χ4n) is 4.17. The van der Waals surface area contributed by atoms with Crippen molar-refractivity contribution in [2.75, 3.05) is 32.7 Å². The number of nitrogens with zero attached hydrogens (tertiary/aromatic N) is 2. The number of nitrogens with one attached hydrogen (secondary N) is 1. The zero-order valence-electron chi connectivity index (χ0n) is 16.1. The largest absolute Gasteiger partial charge is 0.339 e. The minimum atomic E-state index is -3.54. The van der Waals surface area contributed by atoms with E-state index in [1.165, 1.54) is 4.31 Å². The van der Waals surface area contributed by atoms with Crippen LogP contribution in [-0.2, 0) is 14.8 Å². The quantitative estimate of drug-likeness (QED) is 0.803. The van der Waals surface area contributed by atoms with Gasteiger partial charge in [0.25, 0.3) is 0 Å². The van der Waals surface area contributed by atoms with Crippen LogP contribution in [0.25, 0.3) is 0 Å². The summed E-state index contributed by atoms with van der Waals surface area (Å²) < 4.78 is 27.4. The maximum absolute atomic E-state index is 13.3. The number of hydrogen-bond donors (Lipinski definition) is 1. The molecule has 3 rings (SSSR count). The third-order valence-corrected chi connectivity index (χ3v) is 7.49. The second kappa shape index (κ2) is 9.17. The molecule has 2 fully saturated rings. The van der Waals surface area contributed by atoms with Gasteiger partial charge in [0, 0.05) is 25.7 Å². The lowest BCUT2D eigenvalue weighted by Crippen LogP contribution is -2.52. The van der Waals surface area contributed by atoms with E-state index in [9.17, 15) is 13.2 Å². The molecule has 1 atom stereocenters. The number of sulfonamides is 1. The Morgan fingerprint density at radius 1 is 1.19 bits per heavy atom. The van der Waals surface area contributed by atoms with E-state index >= 15 is 0 Å². The van der Waals surface area contributed by atoms with Crippen molar-refractivity contribution in [3.8, 4) is 0 Å². The first-order valence-electron chi connectivity index (χ1n) is 10.1. The van der Waals surface area contributed by atoms with Crippen LogP contribution in [0.15, 0.2) is 35.2 Å². The highest BCUT2D eigenvalue weighted by Crippen LogP contribution is 2.26. The van der Waals surface area contributed by atoms with Gasteiger partial charge < -0.3 is 10.2 Å². The molecule has 2 heterocycles. The first kappa shape index (κ1) is 20.3. The molecule has 1 unspecified atom stereocenters. The summed E-state index contributed by atoms with van der Waals surface area (Å²) in [7, 11) is -3.54. The van der Waals surface area contributed by atoms with Crippen molar-refractivity contribution in [3.05, 3.63) is 30.3 Å². The third kappa shape index (κ3) is 4.70. The van der Waals surface area contributed by atoms with Gasteiger partial charge in [-0.25, -0.2) is 8.42 Å². The summed E-state index contributed by atoms with van der Waals surface area (Å²) in [5.41, 5.74) is 0. The van der Waals surface area contributed by atoms with Crippen molar-refractivity contribution in [2.45, 2.75) is 50.0 Å². The van der Waals surface area contributed by atoms with E-state index in [0.29, 0.717) is 18.0 Å². The number of carbonyl (C=O) groups excluding carboxylic acids is 1. The Bertz CT molecular complexity index is 717. The molecule has 6 nitrogen and oxygen atoms in total. The van der Waals surface area contributed by atoms with Crippen LogP contribution < -0.4 is 5.32 Å². The molecule has 0 spiro atoms.